The lowest BCUT2D eigenvalue weighted by Crippen LogP contribution is -2.44. The van der Waals surface area contributed by atoms with Gasteiger partial charge in [-0.3, -0.25) is 4.79 Å². The van der Waals surface area contributed by atoms with Crippen LogP contribution >= 0.6 is 12.2 Å². The van der Waals surface area contributed by atoms with Crippen LogP contribution in [0.5, 0.6) is 0 Å². The first-order valence-corrected chi connectivity index (χ1v) is 6.77. The van der Waals surface area contributed by atoms with Crippen LogP contribution < -0.4 is 10.6 Å². The van der Waals surface area contributed by atoms with Crippen LogP contribution in [0.3, 0.4) is 0 Å². The second-order valence-corrected chi connectivity index (χ2v) is 4.98. The lowest BCUT2D eigenvalue weighted by Gasteiger charge is -2.22. The molecule has 0 radical (unpaired) electrons. The van der Waals surface area contributed by atoms with Crippen molar-refractivity contribution in [1.82, 2.24) is 10.6 Å². The molecule has 0 atom stereocenters. The maximum atomic E-state index is 11.8. The molecule has 1 fully saturated rings. The molecule has 1 aliphatic rings. The molecule has 1 saturated carbocycles. The Morgan fingerprint density at radius 2 is 2.17 bits per heavy atom. The molecule has 0 unspecified atom stereocenters. The Hall–Kier alpha value is -1.36. The average Bonchev–Trinajstić information content (AvgIpc) is 2.90. The van der Waals surface area contributed by atoms with Crippen molar-refractivity contribution in [3.8, 4) is 0 Å². The molecule has 1 amide bonds. The van der Waals surface area contributed by atoms with Crippen LogP contribution in [0.25, 0.3) is 0 Å². The van der Waals surface area contributed by atoms with Crippen molar-refractivity contribution in [2.45, 2.75) is 44.7 Å². The third kappa shape index (κ3) is 3.84. The van der Waals surface area contributed by atoms with E-state index in [4.69, 9.17) is 16.6 Å². The first-order valence-electron chi connectivity index (χ1n) is 6.37. The topological polar surface area (TPSA) is 54.3 Å². The fourth-order valence-electron chi connectivity index (χ4n) is 2.16. The Labute approximate surface area is 112 Å². The minimum Gasteiger partial charge on any atom is -0.467 e. The summed E-state index contributed by atoms with van der Waals surface area (Å²) in [7, 11) is 0. The number of thiocarbonyl (C=S) groups is 1. The molecule has 0 bridgehead atoms. The van der Waals surface area contributed by atoms with Gasteiger partial charge in [-0.1, -0.05) is 31.5 Å². The molecule has 1 heterocycles. The van der Waals surface area contributed by atoms with Crippen molar-refractivity contribution >= 4 is 23.1 Å². The Morgan fingerprint density at radius 1 is 1.39 bits per heavy atom. The number of carbonyl (C=O) groups is 1. The maximum Gasteiger partial charge on any atom is 0.278 e. The quantitative estimate of drug-likeness (QED) is 0.823. The first kappa shape index (κ1) is 13.1. The average molecular weight is 266 g/mol. The van der Waals surface area contributed by atoms with Gasteiger partial charge in [0.15, 0.2) is 4.99 Å². The van der Waals surface area contributed by atoms with E-state index in [0.717, 1.165) is 18.6 Å². The van der Waals surface area contributed by atoms with Crippen LogP contribution in [0.15, 0.2) is 22.8 Å². The van der Waals surface area contributed by atoms with Crippen LogP contribution in [-0.4, -0.2) is 16.9 Å². The molecule has 5 heteroatoms. The third-order valence-electron chi connectivity index (χ3n) is 3.15. The monoisotopic (exact) mass is 266 g/mol. The van der Waals surface area contributed by atoms with E-state index in [1.54, 1.807) is 6.26 Å². The van der Waals surface area contributed by atoms with Crippen molar-refractivity contribution in [2.24, 2.45) is 0 Å². The van der Waals surface area contributed by atoms with Gasteiger partial charge in [0.1, 0.15) is 5.76 Å². The highest BCUT2D eigenvalue weighted by Crippen LogP contribution is 2.17. The fourth-order valence-corrected chi connectivity index (χ4v) is 2.29. The van der Waals surface area contributed by atoms with Gasteiger partial charge < -0.3 is 15.1 Å². The Bertz CT molecular complexity index is 397. The van der Waals surface area contributed by atoms with Gasteiger partial charge in [-0.05, 0) is 25.0 Å². The lowest BCUT2D eigenvalue weighted by molar-refractivity contribution is -0.115. The van der Waals surface area contributed by atoms with Gasteiger partial charge in [0.25, 0.3) is 5.91 Å². The van der Waals surface area contributed by atoms with Crippen molar-refractivity contribution in [3.05, 3.63) is 24.2 Å². The molecule has 0 aliphatic heterocycles. The summed E-state index contributed by atoms with van der Waals surface area (Å²) in [5.41, 5.74) is 0. The van der Waals surface area contributed by atoms with Gasteiger partial charge in [0.2, 0.25) is 0 Å². The van der Waals surface area contributed by atoms with E-state index in [1.807, 2.05) is 12.1 Å². The molecule has 2 N–H and O–H groups in total. The van der Waals surface area contributed by atoms with Crippen LogP contribution in [0.4, 0.5) is 0 Å². The lowest BCUT2D eigenvalue weighted by atomic mass is 9.95. The molecule has 1 aromatic heterocycles. The molecule has 2 rings (SSSR count). The molecule has 1 aliphatic carbocycles. The number of hydrogen-bond acceptors (Lipinski definition) is 3. The van der Waals surface area contributed by atoms with Gasteiger partial charge in [-0.2, -0.15) is 0 Å². The SMILES string of the molecule is O=C(NC1CCCCC1)C(=S)NCc1ccco1. The van der Waals surface area contributed by atoms with Crippen LogP contribution in [0.2, 0.25) is 0 Å². The number of carbonyl (C=O) groups excluding carboxylic acids is 1. The van der Waals surface area contributed by atoms with E-state index in [9.17, 15) is 4.79 Å². The van der Waals surface area contributed by atoms with E-state index in [1.165, 1.54) is 19.3 Å². The third-order valence-corrected chi connectivity index (χ3v) is 3.48. The zero-order valence-electron chi connectivity index (χ0n) is 10.3. The zero-order chi connectivity index (χ0) is 12.8. The highest BCUT2D eigenvalue weighted by Gasteiger charge is 2.17. The van der Waals surface area contributed by atoms with Gasteiger partial charge >= 0.3 is 0 Å². The number of nitrogens with one attached hydrogen (secondary N) is 2. The maximum absolute atomic E-state index is 11.8. The Kier molecular flexibility index (Phi) is 4.75. The van der Waals surface area contributed by atoms with Gasteiger partial charge in [0, 0.05) is 6.04 Å². The summed E-state index contributed by atoms with van der Waals surface area (Å²) in [6.07, 6.45) is 7.38. The fraction of sp³-hybridized carbons (Fsp3) is 0.538. The molecule has 4 nitrogen and oxygen atoms in total. The molecule has 18 heavy (non-hydrogen) atoms. The van der Waals surface area contributed by atoms with Gasteiger partial charge in [-0.25, -0.2) is 0 Å². The van der Waals surface area contributed by atoms with E-state index >= 15 is 0 Å². The summed E-state index contributed by atoms with van der Waals surface area (Å²) in [5, 5.41) is 5.88. The zero-order valence-corrected chi connectivity index (χ0v) is 11.1. The number of amides is 1. The summed E-state index contributed by atoms with van der Waals surface area (Å²) in [6, 6.07) is 3.94. The highest BCUT2D eigenvalue weighted by atomic mass is 32.1. The largest absolute Gasteiger partial charge is 0.467 e. The molecule has 1 aromatic rings. The van der Waals surface area contributed by atoms with Crippen LogP contribution in [0, 0.1) is 0 Å². The minimum atomic E-state index is -0.177. The first-order chi connectivity index (χ1) is 8.75. The Morgan fingerprint density at radius 3 is 2.83 bits per heavy atom. The molecular formula is C13H18N2O2S. The second-order valence-electron chi connectivity index (χ2n) is 4.57. The minimum absolute atomic E-state index is 0.177. The second kappa shape index (κ2) is 6.54. The van der Waals surface area contributed by atoms with Crippen molar-refractivity contribution in [3.63, 3.8) is 0 Å². The predicted molar refractivity (Wildman–Crippen MR) is 73.2 cm³/mol. The van der Waals surface area contributed by atoms with E-state index in [2.05, 4.69) is 10.6 Å². The summed E-state index contributed by atoms with van der Waals surface area (Å²) in [4.78, 5) is 12.1. The van der Waals surface area contributed by atoms with Crippen LogP contribution in [-0.2, 0) is 11.3 Å². The predicted octanol–water partition coefficient (Wildman–Crippen LogP) is 2.15. The Balaban J connectivity index is 1.72. The van der Waals surface area contributed by atoms with E-state index in [-0.39, 0.29) is 16.9 Å². The van der Waals surface area contributed by atoms with Crippen molar-refractivity contribution in [1.29, 1.82) is 0 Å². The van der Waals surface area contributed by atoms with E-state index in [0.29, 0.717) is 6.54 Å². The summed E-state index contributed by atoms with van der Waals surface area (Å²) < 4.78 is 5.16. The molecule has 0 aromatic carbocycles. The molecular weight excluding hydrogens is 248 g/mol. The van der Waals surface area contributed by atoms with Crippen LogP contribution in [0.1, 0.15) is 37.9 Å². The summed E-state index contributed by atoms with van der Waals surface area (Å²) in [5.74, 6) is 0.589. The number of furan rings is 1. The number of rotatable bonds is 3. The van der Waals surface area contributed by atoms with E-state index < -0.39 is 0 Å². The van der Waals surface area contributed by atoms with Gasteiger partial charge in [0.05, 0.1) is 12.8 Å². The highest BCUT2D eigenvalue weighted by molar-refractivity contribution is 7.82. The standard InChI is InChI=1S/C13H18N2O2S/c16-12(15-10-5-2-1-3-6-10)13(18)14-9-11-7-4-8-17-11/h4,7-8,10H,1-3,5-6,9H2,(H,14,18)(H,15,16). The van der Waals surface area contributed by atoms with Crippen molar-refractivity contribution in [2.75, 3.05) is 0 Å². The summed E-state index contributed by atoms with van der Waals surface area (Å²) >= 11 is 5.05. The normalized spacial score (nSPS) is 16.2. The molecule has 0 spiro atoms. The summed E-state index contributed by atoms with van der Waals surface area (Å²) in [6.45, 7) is 0.448. The number of hydrogen-bond donors (Lipinski definition) is 2. The molecule has 0 saturated heterocycles. The smallest absolute Gasteiger partial charge is 0.278 e. The van der Waals surface area contributed by atoms with Crippen molar-refractivity contribution < 1.29 is 9.21 Å². The van der Waals surface area contributed by atoms with Gasteiger partial charge in [-0.15, -0.1) is 0 Å². The molecule has 98 valence electrons.